The monoisotopic (exact) mass is 262 g/mol. The number of aromatic nitrogens is 2. The average Bonchev–Trinajstić information content (AvgIpc) is 2.65. The molecule has 1 aromatic carbocycles. The summed E-state index contributed by atoms with van der Waals surface area (Å²) in [6.45, 7) is 6.69. The van der Waals surface area contributed by atoms with E-state index in [0.29, 0.717) is 6.61 Å². The number of hydrogen-bond donors (Lipinski definition) is 1. The molecule has 1 aromatic heterocycles. The zero-order valence-electron chi connectivity index (χ0n) is 11.1. The molecule has 2 heterocycles. The van der Waals surface area contributed by atoms with E-state index >= 15 is 0 Å². The van der Waals surface area contributed by atoms with E-state index in [9.17, 15) is 0 Å². The average molecular weight is 262 g/mol. The summed E-state index contributed by atoms with van der Waals surface area (Å²) in [6, 6.07) is 6.17. The van der Waals surface area contributed by atoms with Crippen molar-refractivity contribution < 1.29 is 4.74 Å². The molecule has 0 amide bonds. The molecule has 0 saturated carbocycles. The minimum absolute atomic E-state index is 0.704. The van der Waals surface area contributed by atoms with E-state index in [1.165, 1.54) is 5.69 Å². The largest absolute Gasteiger partial charge is 0.492 e. The van der Waals surface area contributed by atoms with Crippen molar-refractivity contribution in [1.82, 2.24) is 9.97 Å². The number of fused-ring (bicyclic) bond motifs is 3. The highest BCUT2D eigenvalue weighted by Crippen LogP contribution is 2.33. The number of ether oxygens (including phenoxy) is 1. The third kappa shape index (κ3) is 2.41. The first-order valence-corrected chi connectivity index (χ1v) is 6.90. The maximum atomic E-state index is 5.74. The number of nitrogens with one attached hydrogen (secondary N) is 1. The van der Waals surface area contributed by atoms with Gasteiger partial charge in [-0.3, -0.25) is 0 Å². The van der Waals surface area contributed by atoms with Crippen LogP contribution in [0.3, 0.4) is 0 Å². The van der Waals surface area contributed by atoms with Crippen molar-refractivity contribution >= 4 is 14.5 Å². The van der Waals surface area contributed by atoms with Crippen LogP contribution in [-0.2, 0) is 6.42 Å². The van der Waals surface area contributed by atoms with Gasteiger partial charge in [0.15, 0.2) is 0 Å². The Kier molecular flexibility index (Phi) is 4.03. The van der Waals surface area contributed by atoms with Gasteiger partial charge in [-0.1, -0.05) is 19.9 Å². The molecule has 18 heavy (non-hydrogen) atoms. The fourth-order valence-electron chi connectivity index (χ4n) is 2.06. The molecule has 2 aromatic rings. The maximum Gasteiger partial charge on any atom is 0.129 e. The lowest BCUT2D eigenvalue weighted by molar-refractivity contribution is 0.325. The molecule has 0 aliphatic carbocycles. The Morgan fingerprint density at radius 3 is 2.89 bits per heavy atom. The number of benzene rings is 1. The Hall–Kier alpha value is -1.34. The van der Waals surface area contributed by atoms with Gasteiger partial charge in [0.25, 0.3) is 0 Å². The SMILES string of the molecule is CC.Cc1nc2c([nH]1)CCOc1cc(P)ccc1-2. The molecule has 1 unspecified atom stereocenters. The Balaban J connectivity index is 0.000000574. The molecule has 3 nitrogen and oxygen atoms in total. The summed E-state index contributed by atoms with van der Waals surface area (Å²) in [7, 11) is 2.69. The second-order valence-electron chi connectivity index (χ2n) is 4.00. The van der Waals surface area contributed by atoms with Gasteiger partial charge in [0.1, 0.15) is 11.6 Å². The van der Waals surface area contributed by atoms with Crippen molar-refractivity contribution in [3.8, 4) is 17.0 Å². The minimum Gasteiger partial charge on any atom is -0.492 e. The summed E-state index contributed by atoms with van der Waals surface area (Å²) < 4.78 is 5.74. The van der Waals surface area contributed by atoms with Gasteiger partial charge in [0.05, 0.1) is 12.3 Å². The number of H-pyrrole nitrogens is 1. The highest BCUT2D eigenvalue weighted by Gasteiger charge is 2.18. The van der Waals surface area contributed by atoms with Crippen LogP contribution in [0.15, 0.2) is 18.2 Å². The van der Waals surface area contributed by atoms with Gasteiger partial charge in [-0.05, 0) is 24.4 Å². The maximum absolute atomic E-state index is 5.74. The lowest BCUT2D eigenvalue weighted by Crippen LogP contribution is -2.01. The lowest BCUT2D eigenvalue weighted by atomic mass is 10.1. The predicted octanol–water partition coefficient (Wildman–Crippen LogP) is 2.85. The summed E-state index contributed by atoms with van der Waals surface area (Å²) in [4.78, 5) is 7.84. The Bertz CT molecular complexity index is 549. The van der Waals surface area contributed by atoms with Crippen LogP contribution in [0, 0.1) is 6.92 Å². The Morgan fingerprint density at radius 2 is 2.11 bits per heavy atom. The van der Waals surface area contributed by atoms with Gasteiger partial charge in [-0.25, -0.2) is 4.98 Å². The summed E-state index contributed by atoms with van der Waals surface area (Å²) in [5, 5.41) is 1.13. The van der Waals surface area contributed by atoms with Crippen LogP contribution >= 0.6 is 9.24 Å². The number of aromatic amines is 1. The number of imidazole rings is 1. The van der Waals surface area contributed by atoms with Crippen molar-refractivity contribution in [2.45, 2.75) is 27.2 Å². The van der Waals surface area contributed by atoms with E-state index in [1.54, 1.807) is 0 Å². The summed E-state index contributed by atoms with van der Waals surface area (Å²) in [5.41, 5.74) is 3.30. The van der Waals surface area contributed by atoms with Crippen molar-refractivity contribution in [2.75, 3.05) is 6.61 Å². The molecule has 4 heteroatoms. The van der Waals surface area contributed by atoms with Gasteiger partial charge in [0.2, 0.25) is 0 Å². The summed E-state index contributed by atoms with van der Waals surface area (Å²) in [5.74, 6) is 1.89. The van der Waals surface area contributed by atoms with Crippen molar-refractivity contribution in [3.63, 3.8) is 0 Å². The third-order valence-corrected chi connectivity index (χ3v) is 3.13. The van der Waals surface area contributed by atoms with E-state index in [0.717, 1.165) is 34.6 Å². The molecule has 1 atom stereocenters. The van der Waals surface area contributed by atoms with Crippen LogP contribution < -0.4 is 10.0 Å². The fourth-order valence-corrected chi connectivity index (χ4v) is 2.31. The number of aryl methyl sites for hydroxylation is 1. The van der Waals surface area contributed by atoms with E-state index in [2.05, 4.69) is 31.3 Å². The van der Waals surface area contributed by atoms with Gasteiger partial charge < -0.3 is 9.72 Å². The highest BCUT2D eigenvalue weighted by atomic mass is 31.0. The summed E-state index contributed by atoms with van der Waals surface area (Å²) >= 11 is 0. The lowest BCUT2D eigenvalue weighted by Gasteiger charge is -2.07. The van der Waals surface area contributed by atoms with Gasteiger partial charge in [-0.15, -0.1) is 9.24 Å². The minimum atomic E-state index is 0.704. The van der Waals surface area contributed by atoms with Crippen molar-refractivity contribution in [2.24, 2.45) is 0 Å². The van der Waals surface area contributed by atoms with Crippen molar-refractivity contribution in [3.05, 3.63) is 29.7 Å². The first-order chi connectivity index (χ1) is 8.74. The molecule has 0 saturated heterocycles. The molecule has 3 rings (SSSR count). The molecule has 0 bridgehead atoms. The summed E-state index contributed by atoms with van der Waals surface area (Å²) in [6.07, 6.45) is 0.886. The molecule has 0 fully saturated rings. The van der Waals surface area contributed by atoms with Crippen LogP contribution in [0.2, 0.25) is 0 Å². The van der Waals surface area contributed by atoms with E-state index in [4.69, 9.17) is 4.74 Å². The molecular formula is C14H19N2OP. The van der Waals surface area contributed by atoms with E-state index < -0.39 is 0 Å². The second kappa shape index (κ2) is 5.53. The van der Waals surface area contributed by atoms with Crippen LogP contribution in [-0.4, -0.2) is 16.6 Å². The molecule has 1 aliphatic rings. The molecule has 0 spiro atoms. The predicted molar refractivity (Wildman–Crippen MR) is 78.7 cm³/mol. The Morgan fingerprint density at radius 1 is 1.33 bits per heavy atom. The number of hydrogen-bond acceptors (Lipinski definition) is 2. The van der Waals surface area contributed by atoms with Gasteiger partial charge in [0, 0.05) is 17.7 Å². The smallest absolute Gasteiger partial charge is 0.129 e. The van der Waals surface area contributed by atoms with E-state index in [-0.39, 0.29) is 0 Å². The number of nitrogens with zero attached hydrogens (tertiary/aromatic N) is 1. The second-order valence-corrected chi connectivity index (χ2v) is 4.67. The van der Waals surface area contributed by atoms with Crippen LogP contribution in [0.1, 0.15) is 25.4 Å². The number of rotatable bonds is 0. The zero-order valence-corrected chi connectivity index (χ0v) is 12.2. The van der Waals surface area contributed by atoms with E-state index in [1.807, 2.05) is 26.8 Å². The van der Waals surface area contributed by atoms with Crippen LogP contribution in [0.4, 0.5) is 0 Å². The third-order valence-electron chi connectivity index (χ3n) is 2.77. The zero-order chi connectivity index (χ0) is 13.1. The first kappa shape index (κ1) is 13.1. The molecule has 96 valence electrons. The fraction of sp³-hybridized carbons (Fsp3) is 0.357. The molecule has 1 N–H and O–H groups in total. The van der Waals surface area contributed by atoms with Gasteiger partial charge >= 0.3 is 0 Å². The highest BCUT2D eigenvalue weighted by molar-refractivity contribution is 7.27. The van der Waals surface area contributed by atoms with Crippen LogP contribution in [0.25, 0.3) is 11.3 Å². The van der Waals surface area contributed by atoms with Crippen molar-refractivity contribution in [1.29, 1.82) is 0 Å². The molecule has 0 radical (unpaired) electrons. The first-order valence-electron chi connectivity index (χ1n) is 6.32. The standard InChI is InChI=1S/C12H13N2OP.C2H6/c1-7-13-10-4-5-15-11-6-8(16)2-3-9(11)12(10)14-7;1-2/h2-3,6H,4-5,16H2,1H3,(H,13,14);1-2H3. The molecule has 1 aliphatic heterocycles. The normalized spacial score (nSPS) is 12.4. The Labute approximate surface area is 110 Å². The van der Waals surface area contributed by atoms with Crippen LogP contribution in [0.5, 0.6) is 5.75 Å². The topological polar surface area (TPSA) is 37.9 Å². The molecular weight excluding hydrogens is 243 g/mol. The van der Waals surface area contributed by atoms with Gasteiger partial charge in [-0.2, -0.15) is 0 Å². The quantitative estimate of drug-likeness (QED) is 0.741.